The minimum absolute atomic E-state index is 0.0656. The SMILES string of the molecule is CNC1(Cc2nc(CCO)no2)CCCCC1. The Morgan fingerprint density at radius 2 is 2.12 bits per heavy atom. The molecule has 1 heterocycles. The maximum Gasteiger partial charge on any atom is 0.228 e. The summed E-state index contributed by atoms with van der Waals surface area (Å²) in [6.07, 6.45) is 7.44. The first-order valence-electron chi connectivity index (χ1n) is 6.39. The van der Waals surface area contributed by atoms with E-state index in [1.165, 1.54) is 32.1 Å². The summed E-state index contributed by atoms with van der Waals surface area (Å²) in [6, 6.07) is 0. The lowest BCUT2D eigenvalue weighted by Gasteiger charge is -2.36. The Balaban J connectivity index is 2.01. The molecular weight excluding hydrogens is 218 g/mol. The second kappa shape index (κ2) is 5.60. The lowest BCUT2D eigenvalue weighted by Crippen LogP contribution is -2.46. The van der Waals surface area contributed by atoms with Gasteiger partial charge in [0, 0.05) is 18.4 Å². The second-order valence-corrected chi connectivity index (χ2v) is 4.85. The molecule has 1 saturated carbocycles. The maximum absolute atomic E-state index is 8.81. The van der Waals surface area contributed by atoms with Crippen molar-refractivity contribution < 1.29 is 9.63 Å². The standard InChI is InChI=1S/C12H21N3O2/c1-13-12(6-3-2-4-7-12)9-11-14-10(5-8-16)15-17-11/h13,16H,2-9H2,1H3. The fourth-order valence-electron chi connectivity index (χ4n) is 2.60. The molecule has 1 aromatic heterocycles. The number of rotatable bonds is 5. The number of aliphatic hydroxyl groups is 1. The van der Waals surface area contributed by atoms with Gasteiger partial charge in [0.1, 0.15) is 0 Å². The minimum Gasteiger partial charge on any atom is -0.396 e. The van der Waals surface area contributed by atoms with Crippen LogP contribution in [0.4, 0.5) is 0 Å². The van der Waals surface area contributed by atoms with Gasteiger partial charge in [0.2, 0.25) is 5.89 Å². The third-order valence-electron chi connectivity index (χ3n) is 3.68. The molecule has 1 aliphatic carbocycles. The van der Waals surface area contributed by atoms with E-state index in [9.17, 15) is 0 Å². The monoisotopic (exact) mass is 239 g/mol. The van der Waals surface area contributed by atoms with Gasteiger partial charge in [0.05, 0.1) is 6.61 Å². The summed E-state index contributed by atoms with van der Waals surface area (Å²) in [5, 5.41) is 16.1. The average molecular weight is 239 g/mol. The van der Waals surface area contributed by atoms with E-state index in [-0.39, 0.29) is 12.1 Å². The number of hydrogen-bond donors (Lipinski definition) is 2. The lowest BCUT2D eigenvalue weighted by atomic mass is 9.79. The smallest absolute Gasteiger partial charge is 0.228 e. The van der Waals surface area contributed by atoms with Crippen molar-refractivity contribution in [1.29, 1.82) is 0 Å². The highest BCUT2D eigenvalue weighted by Crippen LogP contribution is 2.30. The van der Waals surface area contributed by atoms with Crippen LogP contribution in [0.3, 0.4) is 0 Å². The van der Waals surface area contributed by atoms with E-state index in [4.69, 9.17) is 9.63 Å². The Bertz CT molecular complexity index is 345. The molecule has 17 heavy (non-hydrogen) atoms. The predicted molar refractivity (Wildman–Crippen MR) is 63.7 cm³/mol. The zero-order chi connectivity index (χ0) is 12.1. The fourth-order valence-corrected chi connectivity index (χ4v) is 2.60. The van der Waals surface area contributed by atoms with Crippen molar-refractivity contribution in [3.8, 4) is 0 Å². The highest BCUT2D eigenvalue weighted by Gasteiger charge is 2.32. The van der Waals surface area contributed by atoms with Crippen LogP contribution in [0.5, 0.6) is 0 Å². The van der Waals surface area contributed by atoms with Crippen LogP contribution in [0.25, 0.3) is 0 Å². The number of aliphatic hydroxyl groups excluding tert-OH is 1. The first-order chi connectivity index (χ1) is 8.28. The molecule has 1 aromatic rings. The highest BCUT2D eigenvalue weighted by atomic mass is 16.5. The molecule has 2 rings (SSSR count). The quantitative estimate of drug-likeness (QED) is 0.804. The Morgan fingerprint density at radius 1 is 1.35 bits per heavy atom. The molecule has 5 heteroatoms. The molecule has 0 aromatic carbocycles. The van der Waals surface area contributed by atoms with Gasteiger partial charge >= 0.3 is 0 Å². The van der Waals surface area contributed by atoms with Crippen LogP contribution in [-0.2, 0) is 12.8 Å². The number of nitrogens with zero attached hydrogens (tertiary/aromatic N) is 2. The molecule has 0 aliphatic heterocycles. The van der Waals surface area contributed by atoms with Crippen LogP contribution < -0.4 is 5.32 Å². The highest BCUT2D eigenvalue weighted by molar-refractivity contribution is 4.99. The molecule has 0 bridgehead atoms. The van der Waals surface area contributed by atoms with E-state index in [2.05, 4.69) is 15.5 Å². The van der Waals surface area contributed by atoms with Crippen molar-refractivity contribution in [2.45, 2.75) is 50.5 Å². The van der Waals surface area contributed by atoms with Gasteiger partial charge in [-0.15, -0.1) is 0 Å². The normalized spacial score (nSPS) is 19.4. The molecule has 0 amide bonds. The average Bonchev–Trinajstić information content (AvgIpc) is 2.78. The lowest BCUT2D eigenvalue weighted by molar-refractivity contribution is 0.220. The van der Waals surface area contributed by atoms with Gasteiger partial charge in [-0.3, -0.25) is 0 Å². The van der Waals surface area contributed by atoms with Gasteiger partial charge in [0.15, 0.2) is 5.82 Å². The zero-order valence-corrected chi connectivity index (χ0v) is 10.4. The predicted octanol–water partition coefficient (Wildman–Crippen LogP) is 1.07. The van der Waals surface area contributed by atoms with E-state index in [0.29, 0.717) is 18.1 Å². The number of nitrogens with one attached hydrogen (secondary N) is 1. The van der Waals surface area contributed by atoms with Crippen LogP contribution in [0, 0.1) is 0 Å². The van der Waals surface area contributed by atoms with Crippen molar-refractivity contribution in [2.75, 3.05) is 13.7 Å². The largest absolute Gasteiger partial charge is 0.396 e. The first-order valence-corrected chi connectivity index (χ1v) is 6.39. The molecule has 0 unspecified atom stereocenters. The Kier molecular flexibility index (Phi) is 4.12. The summed E-state index contributed by atoms with van der Waals surface area (Å²) < 4.78 is 5.23. The molecule has 0 saturated heterocycles. The summed E-state index contributed by atoms with van der Waals surface area (Å²) in [5.41, 5.74) is 0.126. The van der Waals surface area contributed by atoms with E-state index < -0.39 is 0 Å². The molecule has 1 fully saturated rings. The van der Waals surface area contributed by atoms with E-state index >= 15 is 0 Å². The number of hydrogen-bond acceptors (Lipinski definition) is 5. The summed E-state index contributed by atoms with van der Waals surface area (Å²) in [6.45, 7) is 0.0656. The van der Waals surface area contributed by atoms with Crippen LogP contribution in [0.2, 0.25) is 0 Å². The van der Waals surface area contributed by atoms with Gasteiger partial charge in [0.25, 0.3) is 0 Å². The number of likely N-dealkylation sites (N-methyl/N-ethyl adjacent to an activating group) is 1. The number of aromatic nitrogens is 2. The molecule has 0 spiro atoms. The summed E-state index contributed by atoms with van der Waals surface area (Å²) in [4.78, 5) is 4.31. The third kappa shape index (κ3) is 3.04. The van der Waals surface area contributed by atoms with Crippen molar-refractivity contribution in [2.24, 2.45) is 0 Å². The van der Waals surface area contributed by atoms with Gasteiger partial charge in [-0.1, -0.05) is 24.4 Å². The molecule has 2 N–H and O–H groups in total. The maximum atomic E-state index is 8.81. The molecule has 1 aliphatic rings. The van der Waals surface area contributed by atoms with Gasteiger partial charge in [-0.25, -0.2) is 0 Å². The zero-order valence-electron chi connectivity index (χ0n) is 10.4. The Labute approximate surface area is 102 Å². The topological polar surface area (TPSA) is 71.2 Å². The van der Waals surface area contributed by atoms with Gasteiger partial charge in [-0.2, -0.15) is 4.98 Å². The molecular formula is C12H21N3O2. The first kappa shape index (κ1) is 12.5. The summed E-state index contributed by atoms with van der Waals surface area (Å²) >= 11 is 0. The Morgan fingerprint density at radius 3 is 2.76 bits per heavy atom. The minimum atomic E-state index is 0.0656. The van der Waals surface area contributed by atoms with E-state index in [1.54, 1.807) is 0 Å². The summed E-state index contributed by atoms with van der Waals surface area (Å²) in [5.74, 6) is 1.29. The fraction of sp³-hybridized carbons (Fsp3) is 0.833. The van der Waals surface area contributed by atoms with Crippen LogP contribution >= 0.6 is 0 Å². The summed E-state index contributed by atoms with van der Waals surface area (Å²) in [7, 11) is 2.01. The van der Waals surface area contributed by atoms with Gasteiger partial charge < -0.3 is 14.9 Å². The van der Waals surface area contributed by atoms with E-state index in [0.717, 1.165) is 6.42 Å². The third-order valence-corrected chi connectivity index (χ3v) is 3.68. The van der Waals surface area contributed by atoms with Crippen LogP contribution in [0.15, 0.2) is 4.52 Å². The van der Waals surface area contributed by atoms with Crippen molar-refractivity contribution in [1.82, 2.24) is 15.5 Å². The van der Waals surface area contributed by atoms with Crippen molar-refractivity contribution in [3.63, 3.8) is 0 Å². The van der Waals surface area contributed by atoms with Crippen molar-refractivity contribution in [3.05, 3.63) is 11.7 Å². The molecule has 5 nitrogen and oxygen atoms in total. The Hall–Kier alpha value is -0.940. The second-order valence-electron chi connectivity index (χ2n) is 4.85. The molecule has 0 atom stereocenters. The van der Waals surface area contributed by atoms with Crippen molar-refractivity contribution >= 4 is 0 Å². The molecule has 0 radical (unpaired) electrons. The van der Waals surface area contributed by atoms with Gasteiger partial charge in [-0.05, 0) is 19.9 Å². The van der Waals surface area contributed by atoms with Crippen LogP contribution in [0.1, 0.15) is 43.8 Å². The molecule has 96 valence electrons. The van der Waals surface area contributed by atoms with Crippen LogP contribution in [-0.4, -0.2) is 34.4 Å². The van der Waals surface area contributed by atoms with E-state index in [1.807, 2.05) is 7.05 Å².